The highest BCUT2D eigenvalue weighted by Gasteiger charge is 2.12. The number of hydrogen-bond donors (Lipinski definition) is 1. The van der Waals surface area contributed by atoms with Gasteiger partial charge in [0.2, 0.25) is 10.0 Å². The first-order valence-corrected chi connectivity index (χ1v) is 10.6. The summed E-state index contributed by atoms with van der Waals surface area (Å²) >= 11 is 0. The molecule has 146 valence electrons. The van der Waals surface area contributed by atoms with E-state index in [2.05, 4.69) is 17.4 Å². The zero-order valence-corrected chi connectivity index (χ0v) is 16.7. The summed E-state index contributed by atoms with van der Waals surface area (Å²) in [4.78, 5) is 12.0. The molecule has 1 unspecified atom stereocenters. The molecule has 0 saturated heterocycles. The molecule has 0 aliphatic rings. The number of carbonyl (C=O) groups is 1. The van der Waals surface area contributed by atoms with Gasteiger partial charge in [-0.1, -0.05) is 30.3 Å². The summed E-state index contributed by atoms with van der Waals surface area (Å²) in [6.07, 6.45) is 2.89. The van der Waals surface area contributed by atoms with Crippen LogP contribution in [-0.4, -0.2) is 40.3 Å². The van der Waals surface area contributed by atoms with Crippen LogP contribution in [0.4, 0.5) is 5.69 Å². The maximum Gasteiger partial charge on any atom is 0.258 e. The quantitative estimate of drug-likeness (QED) is 0.714. The van der Waals surface area contributed by atoms with Gasteiger partial charge in [0.05, 0.1) is 11.9 Å². The van der Waals surface area contributed by atoms with E-state index in [0.717, 1.165) is 19.1 Å². The Morgan fingerprint density at radius 3 is 2.33 bits per heavy atom. The molecule has 0 aliphatic heterocycles. The first-order chi connectivity index (χ1) is 12.8. The fraction of sp³-hybridized carbons (Fsp3) is 0.350. The molecule has 2 rings (SSSR count). The van der Waals surface area contributed by atoms with Crippen LogP contribution in [0.1, 0.15) is 18.9 Å². The second-order valence-electron chi connectivity index (χ2n) is 6.51. The van der Waals surface area contributed by atoms with Crippen molar-refractivity contribution in [1.29, 1.82) is 0 Å². The molecule has 0 fully saturated rings. The molecule has 0 spiro atoms. The smallest absolute Gasteiger partial charge is 0.258 e. The SMILES string of the molecule is CC(CCc1ccccc1)NC(=O)COc1ccc(N(C)S(C)(=O)=O)cc1. The molecule has 2 aromatic rings. The summed E-state index contributed by atoms with van der Waals surface area (Å²) in [7, 11) is -1.82. The summed E-state index contributed by atoms with van der Waals surface area (Å²) < 4.78 is 29.7. The van der Waals surface area contributed by atoms with Crippen molar-refractivity contribution in [1.82, 2.24) is 5.32 Å². The minimum absolute atomic E-state index is 0.0482. The maximum absolute atomic E-state index is 12.0. The number of hydrogen-bond acceptors (Lipinski definition) is 4. The summed E-state index contributed by atoms with van der Waals surface area (Å²) in [6.45, 7) is 1.88. The zero-order valence-electron chi connectivity index (χ0n) is 15.9. The number of rotatable bonds is 9. The number of amides is 1. The monoisotopic (exact) mass is 390 g/mol. The van der Waals surface area contributed by atoms with E-state index in [1.165, 1.54) is 16.9 Å². The third-order valence-corrected chi connectivity index (χ3v) is 5.39. The van der Waals surface area contributed by atoms with E-state index in [9.17, 15) is 13.2 Å². The standard InChI is InChI=1S/C20H26N2O4S/c1-16(9-10-17-7-5-4-6-8-17)21-20(23)15-26-19-13-11-18(12-14-19)22(2)27(3,24)25/h4-8,11-14,16H,9-10,15H2,1-3H3,(H,21,23). The van der Waals surface area contributed by atoms with Gasteiger partial charge in [0.15, 0.2) is 6.61 Å². The lowest BCUT2D eigenvalue weighted by Gasteiger charge is -2.17. The molecule has 6 nitrogen and oxygen atoms in total. The molecule has 1 amide bonds. The van der Waals surface area contributed by atoms with E-state index in [1.54, 1.807) is 24.3 Å². The Balaban J connectivity index is 1.76. The van der Waals surface area contributed by atoms with Crippen LogP contribution in [0.25, 0.3) is 0 Å². The van der Waals surface area contributed by atoms with Gasteiger partial charge in [-0.3, -0.25) is 9.10 Å². The highest BCUT2D eigenvalue weighted by molar-refractivity contribution is 7.92. The number of carbonyl (C=O) groups excluding carboxylic acids is 1. The van der Waals surface area contributed by atoms with Crippen molar-refractivity contribution in [2.75, 3.05) is 24.2 Å². The van der Waals surface area contributed by atoms with Gasteiger partial charge in [-0.25, -0.2) is 8.42 Å². The Bertz CT molecular complexity index is 836. The molecule has 0 heterocycles. The highest BCUT2D eigenvalue weighted by atomic mass is 32.2. The Morgan fingerprint density at radius 2 is 1.74 bits per heavy atom. The van der Waals surface area contributed by atoms with Crippen LogP contribution in [0.2, 0.25) is 0 Å². The van der Waals surface area contributed by atoms with E-state index < -0.39 is 10.0 Å². The first-order valence-electron chi connectivity index (χ1n) is 8.76. The van der Waals surface area contributed by atoms with Crippen LogP contribution in [0.15, 0.2) is 54.6 Å². The van der Waals surface area contributed by atoms with Crippen LogP contribution < -0.4 is 14.4 Å². The van der Waals surface area contributed by atoms with Crippen LogP contribution in [0.5, 0.6) is 5.75 Å². The van der Waals surface area contributed by atoms with Crippen LogP contribution in [0.3, 0.4) is 0 Å². The lowest BCUT2D eigenvalue weighted by atomic mass is 10.1. The molecule has 2 aromatic carbocycles. The van der Waals surface area contributed by atoms with Gasteiger partial charge in [0.1, 0.15) is 5.75 Å². The topological polar surface area (TPSA) is 75.7 Å². The van der Waals surface area contributed by atoms with E-state index in [4.69, 9.17) is 4.74 Å². The Kier molecular flexibility index (Phi) is 7.24. The number of aryl methyl sites for hydroxylation is 1. The van der Waals surface area contributed by atoms with Crippen molar-refractivity contribution in [2.45, 2.75) is 25.8 Å². The average Bonchev–Trinajstić information content (AvgIpc) is 2.64. The fourth-order valence-corrected chi connectivity index (χ4v) is 3.01. The molecule has 0 bridgehead atoms. The van der Waals surface area contributed by atoms with Crippen LogP contribution in [-0.2, 0) is 21.2 Å². The van der Waals surface area contributed by atoms with Crippen molar-refractivity contribution in [3.63, 3.8) is 0 Å². The van der Waals surface area contributed by atoms with Gasteiger partial charge in [-0.15, -0.1) is 0 Å². The van der Waals surface area contributed by atoms with Gasteiger partial charge < -0.3 is 10.1 Å². The molecular weight excluding hydrogens is 364 g/mol. The second kappa shape index (κ2) is 9.41. The van der Waals surface area contributed by atoms with Crippen LogP contribution in [0, 0.1) is 0 Å². The van der Waals surface area contributed by atoms with E-state index >= 15 is 0 Å². The third kappa shape index (κ3) is 6.94. The van der Waals surface area contributed by atoms with Crippen molar-refractivity contribution in [2.24, 2.45) is 0 Å². The average molecular weight is 391 g/mol. The molecule has 0 aliphatic carbocycles. The van der Waals surface area contributed by atoms with Gasteiger partial charge >= 0.3 is 0 Å². The van der Waals surface area contributed by atoms with E-state index in [-0.39, 0.29) is 18.6 Å². The lowest BCUT2D eigenvalue weighted by molar-refractivity contribution is -0.123. The summed E-state index contributed by atoms with van der Waals surface area (Å²) in [6, 6.07) is 16.7. The van der Waals surface area contributed by atoms with Gasteiger partial charge in [-0.05, 0) is 49.6 Å². The third-order valence-electron chi connectivity index (χ3n) is 4.18. The maximum atomic E-state index is 12.0. The predicted molar refractivity (Wildman–Crippen MR) is 108 cm³/mol. The van der Waals surface area contributed by atoms with Crippen molar-refractivity contribution < 1.29 is 17.9 Å². The molecule has 27 heavy (non-hydrogen) atoms. The second-order valence-corrected chi connectivity index (χ2v) is 8.52. The van der Waals surface area contributed by atoms with Crippen molar-refractivity contribution in [3.8, 4) is 5.75 Å². The number of sulfonamides is 1. The van der Waals surface area contributed by atoms with Gasteiger partial charge in [0.25, 0.3) is 5.91 Å². The minimum Gasteiger partial charge on any atom is -0.484 e. The number of nitrogens with one attached hydrogen (secondary N) is 1. The van der Waals surface area contributed by atoms with Crippen molar-refractivity contribution >= 4 is 21.6 Å². The Morgan fingerprint density at radius 1 is 1.11 bits per heavy atom. The lowest BCUT2D eigenvalue weighted by Crippen LogP contribution is -2.36. The molecule has 0 radical (unpaired) electrons. The highest BCUT2D eigenvalue weighted by Crippen LogP contribution is 2.20. The number of benzene rings is 2. The van der Waals surface area contributed by atoms with Crippen LogP contribution >= 0.6 is 0 Å². The Labute approximate surface area is 161 Å². The van der Waals surface area contributed by atoms with Gasteiger partial charge in [-0.2, -0.15) is 0 Å². The number of anilines is 1. The minimum atomic E-state index is -3.31. The van der Waals surface area contributed by atoms with Crippen molar-refractivity contribution in [3.05, 3.63) is 60.2 Å². The molecule has 0 aromatic heterocycles. The molecule has 1 N–H and O–H groups in total. The normalized spacial score (nSPS) is 12.3. The Hall–Kier alpha value is -2.54. The molecule has 7 heteroatoms. The number of nitrogens with zero attached hydrogens (tertiary/aromatic N) is 1. The van der Waals surface area contributed by atoms with Gasteiger partial charge in [0, 0.05) is 13.1 Å². The largest absolute Gasteiger partial charge is 0.484 e. The van der Waals surface area contributed by atoms with E-state index in [0.29, 0.717) is 11.4 Å². The molecule has 0 saturated carbocycles. The molecular formula is C20H26N2O4S. The number of ether oxygens (including phenoxy) is 1. The first kappa shape index (κ1) is 20.8. The predicted octanol–water partition coefficient (Wildman–Crippen LogP) is 2.60. The molecule has 1 atom stereocenters. The van der Waals surface area contributed by atoms with E-state index in [1.807, 2.05) is 25.1 Å². The summed E-state index contributed by atoms with van der Waals surface area (Å²) in [5.41, 5.74) is 1.78. The zero-order chi connectivity index (χ0) is 19.9. The summed E-state index contributed by atoms with van der Waals surface area (Å²) in [5.74, 6) is 0.320. The fourth-order valence-electron chi connectivity index (χ4n) is 2.51. The summed E-state index contributed by atoms with van der Waals surface area (Å²) in [5, 5.41) is 2.92.